The van der Waals surface area contributed by atoms with Crippen molar-refractivity contribution >= 4 is 0 Å². The Morgan fingerprint density at radius 3 is 2.35 bits per heavy atom. The summed E-state index contributed by atoms with van der Waals surface area (Å²) < 4.78 is 0. The zero-order valence-electron chi connectivity index (χ0n) is 11.9. The predicted octanol–water partition coefficient (Wildman–Crippen LogP) is 4.25. The SMILES string of the molecule is CCC1CCC(O)C(C2CCC(C)C(C)C2)C1. The lowest BCUT2D eigenvalue weighted by Gasteiger charge is -2.42. The summed E-state index contributed by atoms with van der Waals surface area (Å²) in [7, 11) is 0. The van der Waals surface area contributed by atoms with E-state index < -0.39 is 0 Å². The third kappa shape index (κ3) is 3.05. The van der Waals surface area contributed by atoms with Crippen LogP contribution in [-0.4, -0.2) is 11.2 Å². The summed E-state index contributed by atoms with van der Waals surface area (Å²) in [6.07, 6.45) is 9.03. The van der Waals surface area contributed by atoms with E-state index in [2.05, 4.69) is 20.8 Å². The first kappa shape index (κ1) is 13.4. The fourth-order valence-electron chi connectivity index (χ4n) is 4.14. The minimum atomic E-state index is 0.00315. The van der Waals surface area contributed by atoms with Crippen LogP contribution in [0.5, 0.6) is 0 Å². The first-order valence-corrected chi connectivity index (χ1v) is 7.79. The van der Waals surface area contributed by atoms with Gasteiger partial charge in [-0.2, -0.15) is 0 Å². The van der Waals surface area contributed by atoms with Crippen molar-refractivity contribution in [1.29, 1.82) is 0 Å². The maximum absolute atomic E-state index is 10.3. The van der Waals surface area contributed by atoms with Gasteiger partial charge in [0.05, 0.1) is 6.10 Å². The molecule has 17 heavy (non-hydrogen) atoms. The smallest absolute Gasteiger partial charge is 0.0571 e. The van der Waals surface area contributed by atoms with Crippen LogP contribution in [0, 0.1) is 29.6 Å². The highest BCUT2D eigenvalue weighted by Crippen LogP contribution is 2.44. The second-order valence-corrected chi connectivity index (χ2v) is 6.85. The Bertz CT molecular complexity index is 238. The fraction of sp³-hybridized carbons (Fsp3) is 1.00. The van der Waals surface area contributed by atoms with Crippen LogP contribution in [0.15, 0.2) is 0 Å². The van der Waals surface area contributed by atoms with Crippen molar-refractivity contribution in [3.05, 3.63) is 0 Å². The van der Waals surface area contributed by atoms with Gasteiger partial charge in [-0.3, -0.25) is 0 Å². The zero-order chi connectivity index (χ0) is 12.4. The van der Waals surface area contributed by atoms with E-state index >= 15 is 0 Å². The molecule has 0 saturated heterocycles. The van der Waals surface area contributed by atoms with Crippen molar-refractivity contribution in [3.8, 4) is 0 Å². The summed E-state index contributed by atoms with van der Waals surface area (Å²) in [5, 5.41) is 10.3. The van der Waals surface area contributed by atoms with E-state index in [1.54, 1.807) is 0 Å². The lowest BCUT2D eigenvalue weighted by atomic mass is 9.65. The van der Waals surface area contributed by atoms with Crippen LogP contribution in [0.2, 0.25) is 0 Å². The molecule has 1 N–H and O–H groups in total. The van der Waals surface area contributed by atoms with Crippen LogP contribution < -0.4 is 0 Å². The molecule has 0 amide bonds. The fourth-order valence-corrected chi connectivity index (χ4v) is 4.14. The first-order chi connectivity index (χ1) is 8.11. The van der Waals surface area contributed by atoms with Gasteiger partial charge in [-0.15, -0.1) is 0 Å². The summed E-state index contributed by atoms with van der Waals surface area (Å²) in [6, 6.07) is 0. The van der Waals surface area contributed by atoms with E-state index in [0.29, 0.717) is 5.92 Å². The Hall–Kier alpha value is -0.0400. The Labute approximate surface area is 107 Å². The van der Waals surface area contributed by atoms with E-state index in [1.165, 1.54) is 38.5 Å². The molecule has 0 aromatic heterocycles. The summed E-state index contributed by atoms with van der Waals surface area (Å²) in [5.41, 5.74) is 0. The molecule has 2 rings (SSSR count). The number of aliphatic hydroxyl groups is 1. The third-order valence-corrected chi connectivity index (χ3v) is 5.79. The lowest BCUT2D eigenvalue weighted by molar-refractivity contribution is -0.00526. The van der Waals surface area contributed by atoms with Gasteiger partial charge in [0, 0.05) is 0 Å². The van der Waals surface area contributed by atoms with Crippen molar-refractivity contribution in [3.63, 3.8) is 0 Å². The minimum Gasteiger partial charge on any atom is -0.393 e. The highest BCUT2D eigenvalue weighted by Gasteiger charge is 2.37. The molecule has 0 aliphatic heterocycles. The quantitative estimate of drug-likeness (QED) is 0.762. The van der Waals surface area contributed by atoms with E-state index in [4.69, 9.17) is 0 Å². The molecule has 6 atom stereocenters. The summed E-state index contributed by atoms with van der Waals surface area (Å²) >= 11 is 0. The Morgan fingerprint density at radius 2 is 1.71 bits per heavy atom. The Kier molecular flexibility index (Phi) is 4.52. The molecule has 1 heteroatoms. The number of hydrogen-bond donors (Lipinski definition) is 1. The molecule has 2 saturated carbocycles. The molecular formula is C16H30O. The molecule has 6 unspecified atom stereocenters. The van der Waals surface area contributed by atoms with Gasteiger partial charge in [0.15, 0.2) is 0 Å². The van der Waals surface area contributed by atoms with E-state index in [9.17, 15) is 5.11 Å². The molecule has 0 spiro atoms. The van der Waals surface area contributed by atoms with Crippen molar-refractivity contribution < 1.29 is 5.11 Å². The van der Waals surface area contributed by atoms with Crippen molar-refractivity contribution in [2.45, 2.75) is 71.8 Å². The van der Waals surface area contributed by atoms with Crippen LogP contribution in [0.25, 0.3) is 0 Å². The molecular weight excluding hydrogens is 208 g/mol. The topological polar surface area (TPSA) is 20.2 Å². The Balaban J connectivity index is 1.95. The molecule has 2 aliphatic rings. The van der Waals surface area contributed by atoms with Crippen LogP contribution in [0.4, 0.5) is 0 Å². The summed E-state index contributed by atoms with van der Waals surface area (Å²) in [5.74, 6) is 4.07. The molecule has 2 fully saturated rings. The normalized spacial score (nSPS) is 48.0. The van der Waals surface area contributed by atoms with Gasteiger partial charge in [-0.25, -0.2) is 0 Å². The molecule has 2 aliphatic carbocycles. The average Bonchev–Trinajstić information content (AvgIpc) is 2.33. The molecule has 0 aromatic rings. The highest BCUT2D eigenvalue weighted by atomic mass is 16.3. The van der Waals surface area contributed by atoms with Gasteiger partial charge in [-0.1, -0.05) is 33.6 Å². The molecule has 0 bridgehead atoms. The summed E-state index contributed by atoms with van der Waals surface area (Å²) in [6.45, 7) is 7.11. The van der Waals surface area contributed by atoms with Gasteiger partial charge >= 0.3 is 0 Å². The van der Waals surface area contributed by atoms with Crippen molar-refractivity contribution in [2.24, 2.45) is 29.6 Å². The predicted molar refractivity (Wildman–Crippen MR) is 72.8 cm³/mol. The standard InChI is InChI=1S/C16H30O/c1-4-13-6-8-16(17)15(10-13)14-7-5-11(2)12(3)9-14/h11-17H,4-10H2,1-3H3. The molecule has 1 nitrogen and oxygen atoms in total. The van der Waals surface area contributed by atoms with Crippen LogP contribution in [-0.2, 0) is 0 Å². The zero-order valence-corrected chi connectivity index (χ0v) is 11.9. The number of rotatable bonds is 2. The van der Waals surface area contributed by atoms with Crippen molar-refractivity contribution in [1.82, 2.24) is 0 Å². The highest BCUT2D eigenvalue weighted by molar-refractivity contribution is 4.87. The number of hydrogen-bond acceptors (Lipinski definition) is 1. The van der Waals surface area contributed by atoms with Gasteiger partial charge in [-0.05, 0) is 61.7 Å². The molecule has 0 radical (unpaired) electrons. The van der Waals surface area contributed by atoms with E-state index in [1.807, 2.05) is 0 Å². The van der Waals surface area contributed by atoms with Crippen LogP contribution in [0.3, 0.4) is 0 Å². The van der Waals surface area contributed by atoms with Crippen LogP contribution in [0.1, 0.15) is 65.7 Å². The lowest BCUT2D eigenvalue weighted by Crippen LogP contribution is -2.37. The third-order valence-electron chi connectivity index (χ3n) is 5.79. The van der Waals surface area contributed by atoms with Crippen molar-refractivity contribution in [2.75, 3.05) is 0 Å². The van der Waals surface area contributed by atoms with Crippen LogP contribution >= 0.6 is 0 Å². The average molecular weight is 238 g/mol. The Morgan fingerprint density at radius 1 is 0.941 bits per heavy atom. The maximum atomic E-state index is 10.3. The monoisotopic (exact) mass is 238 g/mol. The number of aliphatic hydroxyl groups excluding tert-OH is 1. The van der Waals surface area contributed by atoms with Gasteiger partial charge in [0.2, 0.25) is 0 Å². The van der Waals surface area contributed by atoms with Gasteiger partial charge in [0.25, 0.3) is 0 Å². The van der Waals surface area contributed by atoms with E-state index in [0.717, 1.165) is 30.1 Å². The largest absolute Gasteiger partial charge is 0.393 e. The summed E-state index contributed by atoms with van der Waals surface area (Å²) in [4.78, 5) is 0. The van der Waals surface area contributed by atoms with Gasteiger partial charge in [0.1, 0.15) is 0 Å². The first-order valence-electron chi connectivity index (χ1n) is 7.79. The maximum Gasteiger partial charge on any atom is 0.0571 e. The molecule has 100 valence electrons. The molecule has 0 aromatic carbocycles. The second-order valence-electron chi connectivity index (χ2n) is 6.85. The van der Waals surface area contributed by atoms with E-state index in [-0.39, 0.29) is 6.10 Å². The second kappa shape index (κ2) is 5.73. The molecule has 0 heterocycles. The van der Waals surface area contributed by atoms with Gasteiger partial charge < -0.3 is 5.11 Å². The minimum absolute atomic E-state index is 0.00315.